The second kappa shape index (κ2) is 31.1. The third-order valence-corrected chi connectivity index (χ3v) is 11.2. The molecular weight excluding hydrogens is 663 g/mol. The molecule has 0 saturated carbocycles. The highest BCUT2D eigenvalue weighted by Gasteiger charge is 2.39. The second-order valence-electron chi connectivity index (χ2n) is 17.3. The molecule has 0 aromatic rings. The summed E-state index contributed by atoms with van der Waals surface area (Å²) in [6, 6.07) is 0. The van der Waals surface area contributed by atoms with E-state index in [9.17, 15) is 14.4 Å². The van der Waals surface area contributed by atoms with E-state index in [1.165, 1.54) is 77.0 Å². The van der Waals surface area contributed by atoms with Crippen molar-refractivity contribution >= 4 is 17.9 Å². The summed E-state index contributed by atoms with van der Waals surface area (Å²) < 4.78 is 17.0. The summed E-state index contributed by atoms with van der Waals surface area (Å²) in [5, 5.41) is 0. The van der Waals surface area contributed by atoms with Gasteiger partial charge in [-0.05, 0) is 89.1 Å². The van der Waals surface area contributed by atoms with Crippen LogP contribution in [-0.2, 0) is 28.6 Å². The maximum atomic E-state index is 13.3. The molecule has 0 unspecified atom stereocenters. The highest BCUT2D eigenvalue weighted by molar-refractivity contribution is 5.71. The van der Waals surface area contributed by atoms with Crippen LogP contribution < -0.4 is 0 Å². The molecular formula is C46H83NO6. The number of carbonyl (C=O) groups excluding carboxylic acids is 3. The summed E-state index contributed by atoms with van der Waals surface area (Å²) in [6.07, 6.45) is 36.2. The fourth-order valence-electron chi connectivity index (χ4n) is 7.13. The van der Waals surface area contributed by atoms with Crippen LogP contribution in [0.25, 0.3) is 0 Å². The number of carbonyl (C=O) groups is 3. The summed E-state index contributed by atoms with van der Waals surface area (Å²) in [4.78, 5) is 39.6. The Morgan fingerprint density at radius 3 is 1.38 bits per heavy atom. The minimum absolute atomic E-state index is 0.00481. The Morgan fingerprint density at radius 2 is 0.962 bits per heavy atom. The Labute approximate surface area is 326 Å². The van der Waals surface area contributed by atoms with Crippen LogP contribution in [0.4, 0.5) is 0 Å². The monoisotopic (exact) mass is 746 g/mol. The summed E-state index contributed by atoms with van der Waals surface area (Å²) in [7, 11) is 4.19. The predicted molar refractivity (Wildman–Crippen MR) is 221 cm³/mol. The van der Waals surface area contributed by atoms with Gasteiger partial charge in [-0.1, -0.05) is 142 Å². The van der Waals surface area contributed by atoms with Crippen molar-refractivity contribution < 1.29 is 28.6 Å². The van der Waals surface area contributed by atoms with E-state index in [1.54, 1.807) is 0 Å². The van der Waals surface area contributed by atoms with Crippen molar-refractivity contribution in [3.63, 3.8) is 0 Å². The first-order chi connectivity index (χ1) is 25.4. The zero-order chi connectivity index (χ0) is 39.0. The Hall–Kier alpha value is -2.15. The number of hydrogen-bond acceptors (Lipinski definition) is 7. The lowest BCUT2D eigenvalue weighted by atomic mass is 9.66. The first-order valence-corrected chi connectivity index (χ1v) is 21.9. The third-order valence-electron chi connectivity index (χ3n) is 11.2. The van der Waals surface area contributed by atoms with E-state index in [0.717, 1.165) is 83.6 Å². The molecule has 0 fully saturated rings. The number of allylic oxidation sites excluding steroid dienone is 2. The molecule has 53 heavy (non-hydrogen) atoms. The first kappa shape index (κ1) is 48.9. The summed E-state index contributed by atoms with van der Waals surface area (Å²) in [6.45, 7) is 10.9. The number of esters is 3. The zero-order valence-electron chi connectivity index (χ0n) is 35.5. The van der Waals surface area contributed by atoms with E-state index < -0.39 is 0 Å². The minimum Gasteiger partial charge on any atom is -0.465 e. The molecule has 1 heterocycles. The Balaban J connectivity index is 2.58. The standard InChI is InChI=1S/C46H83NO6/c1-45(2,46(3,4)40-47(5)6)39-44(50)53-41-33-27-21-15-9-7-11-17-23-29-35-42(48)51-37-31-25-19-13-14-20-26-32-38-52-43(49)36-30-24-18-12-8-10-16-22-28-34-41/h23-24,29-30,41H,7-22,25-28,31-40H2,1-6H3. The largest absolute Gasteiger partial charge is 0.465 e. The molecule has 1 aliphatic rings. The summed E-state index contributed by atoms with van der Waals surface area (Å²) in [5.74, 6) is -0.306. The molecule has 0 bridgehead atoms. The summed E-state index contributed by atoms with van der Waals surface area (Å²) >= 11 is 0. The summed E-state index contributed by atoms with van der Waals surface area (Å²) in [5.41, 5.74) is -0.182. The molecule has 1 aliphatic heterocycles. The lowest BCUT2D eigenvalue weighted by Gasteiger charge is -2.43. The van der Waals surface area contributed by atoms with Gasteiger partial charge in [-0.25, -0.2) is 0 Å². The fourth-order valence-corrected chi connectivity index (χ4v) is 7.13. The van der Waals surface area contributed by atoms with E-state index in [4.69, 9.17) is 14.2 Å². The highest BCUT2D eigenvalue weighted by atomic mass is 16.5. The maximum absolute atomic E-state index is 13.3. The lowest BCUT2D eigenvalue weighted by Crippen LogP contribution is -2.42. The van der Waals surface area contributed by atoms with Gasteiger partial charge in [0, 0.05) is 6.54 Å². The van der Waals surface area contributed by atoms with Gasteiger partial charge in [-0.15, -0.1) is 0 Å². The number of hydrogen-bond donors (Lipinski definition) is 0. The molecule has 7 heteroatoms. The Morgan fingerprint density at radius 1 is 0.585 bits per heavy atom. The molecule has 7 nitrogen and oxygen atoms in total. The number of cyclic esters (lactones) is 2. The van der Waals surface area contributed by atoms with E-state index in [0.29, 0.717) is 32.5 Å². The van der Waals surface area contributed by atoms with Crippen molar-refractivity contribution in [2.45, 2.75) is 207 Å². The fraction of sp³-hybridized carbons (Fsp3) is 0.848. The highest BCUT2D eigenvalue weighted by Crippen LogP contribution is 2.42. The van der Waals surface area contributed by atoms with E-state index in [2.05, 4.69) is 58.8 Å². The smallest absolute Gasteiger partial charge is 0.309 e. The van der Waals surface area contributed by atoms with Crippen molar-refractivity contribution in [3.8, 4) is 0 Å². The molecule has 0 amide bonds. The Bertz CT molecular complexity index is 946. The van der Waals surface area contributed by atoms with Crippen molar-refractivity contribution in [2.75, 3.05) is 33.9 Å². The number of rotatable bonds is 6. The van der Waals surface area contributed by atoms with Crippen molar-refractivity contribution in [3.05, 3.63) is 24.3 Å². The van der Waals surface area contributed by atoms with Gasteiger partial charge in [-0.3, -0.25) is 14.4 Å². The van der Waals surface area contributed by atoms with Gasteiger partial charge in [0.05, 0.1) is 32.5 Å². The van der Waals surface area contributed by atoms with Crippen LogP contribution in [0.2, 0.25) is 0 Å². The van der Waals surface area contributed by atoms with Gasteiger partial charge in [0.1, 0.15) is 6.10 Å². The molecule has 1 rings (SSSR count). The van der Waals surface area contributed by atoms with Crippen molar-refractivity contribution in [1.29, 1.82) is 0 Å². The van der Waals surface area contributed by atoms with Crippen molar-refractivity contribution in [1.82, 2.24) is 4.90 Å². The van der Waals surface area contributed by atoms with Gasteiger partial charge in [0.2, 0.25) is 0 Å². The van der Waals surface area contributed by atoms with Crippen LogP contribution in [0.15, 0.2) is 24.3 Å². The van der Waals surface area contributed by atoms with Crippen LogP contribution in [0.1, 0.15) is 201 Å². The molecule has 0 aromatic heterocycles. The van der Waals surface area contributed by atoms with E-state index >= 15 is 0 Å². The van der Waals surface area contributed by atoms with E-state index in [1.807, 2.05) is 12.2 Å². The average molecular weight is 746 g/mol. The van der Waals surface area contributed by atoms with Gasteiger partial charge < -0.3 is 19.1 Å². The number of nitrogens with zero attached hydrogens (tertiary/aromatic N) is 1. The lowest BCUT2D eigenvalue weighted by molar-refractivity contribution is -0.154. The molecule has 0 N–H and O–H groups in total. The molecule has 308 valence electrons. The predicted octanol–water partition coefficient (Wildman–Crippen LogP) is 12.3. The van der Waals surface area contributed by atoms with Crippen LogP contribution in [0, 0.1) is 10.8 Å². The van der Waals surface area contributed by atoms with E-state index in [-0.39, 0.29) is 34.8 Å². The van der Waals surface area contributed by atoms with Gasteiger partial charge in [0.25, 0.3) is 0 Å². The molecule has 0 aliphatic carbocycles. The van der Waals surface area contributed by atoms with Crippen LogP contribution in [0.5, 0.6) is 0 Å². The van der Waals surface area contributed by atoms with Gasteiger partial charge >= 0.3 is 17.9 Å². The first-order valence-electron chi connectivity index (χ1n) is 21.9. The molecule has 0 atom stereocenters. The number of ether oxygens (including phenoxy) is 3. The zero-order valence-corrected chi connectivity index (χ0v) is 35.5. The van der Waals surface area contributed by atoms with Crippen LogP contribution >= 0.6 is 0 Å². The van der Waals surface area contributed by atoms with Crippen molar-refractivity contribution in [2.24, 2.45) is 10.8 Å². The normalized spacial score (nSPS) is 21.6. The quantitative estimate of drug-likeness (QED) is 0.152. The molecule has 0 aromatic carbocycles. The third kappa shape index (κ3) is 28.0. The topological polar surface area (TPSA) is 82.1 Å². The van der Waals surface area contributed by atoms with Crippen LogP contribution in [0.3, 0.4) is 0 Å². The molecule has 0 spiro atoms. The van der Waals surface area contributed by atoms with Crippen LogP contribution in [-0.4, -0.2) is 62.8 Å². The Kier molecular flexibility index (Phi) is 28.7. The van der Waals surface area contributed by atoms with Gasteiger partial charge in [-0.2, -0.15) is 0 Å². The second-order valence-corrected chi connectivity index (χ2v) is 17.3. The maximum Gasteiger partial charge on any atom is 0.309 e. The average Bonchev–Trinajstić information content (AvgIpc) is 3.08. The molecule has 0 saturated heterocycles. The minimum atomic E-state index is -0.166. The van der Waals surface area contributed by atoms with Gasteiger partial charge in [0.15, 0.2) is 0 Å². The SMILES string of the molecule is CN(C)CC(C)(C)C(C)(C)CC(=O)OC1CCCCCCCCC=CCC(=O)OCCCCCCCCCCOC(=O)CC=CCCCCCCCC1. The molecule has 0 radical (unpaired) electrons.